The quantitative estimate of drug-likeness (QED) is 0.414. The van der Waals surface area contributed by atoms with Gasteiger partial charge in [0.05, 0.1) is 12.8 Å². The molecule has 0 fully saturated rings. The fraction of sp³-hybridized carbons (Fsp3) is 0.250. The molecule has 5 nitrogen and oxygen atoms in total. The number of benzene rings is 2. The van der Waals surface area contributed by atoms with Crippen LogP contribution in [0, 0.1) is 5.82 Å². The molecular weight excluding hydrogens is 463 g/mol. The predicted molar refractivity (Wildman–Crippen MR) is 120 cm³/mol. The van der Waals surface area contributed by atoms with E-state index in [0.29, 0.717) is 17.9 Å². The van der Waals surface area contributed by atoms with Crippen molar-refractivity contribution in [2.75, 3.05) is 13.1 Å². The minimum Gasteiger partial charge on any atom is -0.467 e. The van der Waals surface area contributed by atoms with Crippen LogP contribution in [0.1, 0.15) is 35.0 Å². The maximum atomic E-state index is 13.3. The first-order valence-electron chi connectivity index (χ1n) is 10.1. The average Bonchev–Trinajstić information content (AvgIpc) is 3.27. The Morgan fingerprint density at radius 1 is 0.968 bits per heavy atom. The van der Waals surface area contributed by atoms with Gasteiger partial charge >= 0.3 is 0 Å². The zero-order valence-electron chi connectivity index (χ0n) is 17.3. The molecule has 7 heteroatoms. The van der Waals surface area contributed by atoms with Gasteiger partial charge in [0, 0.05) is 23.1 Å². The lowest BCUT2D eigenvalue weighted by molar-refractivity contribution is -0.133. The van der Waals surface area contributed by atoms with E-state index in [-0.39, 0.29) is 37.3 Å². The van der Waals surface area contributed by atoms with E-state index in [0.717, 1.165) is 16.5 Å². The van der Waals surface area contributed by atoms with Crippen LogP contribution in [0.3, 0.4) is 0 Å². The number of carbonyl (C=O) groups excluding carboxylic acids is 2. The molecular formula is C24H24BrFN2O3. The van der Waals surface area contributed by atoms with Gasteiger partial charge in [-0.2, -0.15) is 0 Å². The number of hydrogen-bond acceptors (Lipinski definition) is 3. The highest BCUT2D eigenvalue weighted by molar-refractivity contribution is 9.10. The van der Waals surface area contributed by atoms with Gasteiger partial charge in [-0.15, -0.1) is 0 Å². The highest BCUT2D eigenvalue weighted by atomic mass is 79.9. The minimum atomic E-state index is -0.332. The van der Waals surface area contributed by atoms with Crippen molar-refractivity contribution in [3.63, 3.8) is 0 Å². The van der Waals surface area contributed by atoms with Gasteiger partial charge in [0.25, 0.3) is 5.91 Å². The van der Waals surface area contributed by atoms with Gasteiger partial charge < -0.3 is 14.2 Å². The first-order chi connectivity index (χ1) is 15.0. The summed E-state index contributed by atoms with van der Waals surface area (Å²) in [5.74, 6) is -0.0966. The topological polar surface area (TPSA) is 53.8 Å². The molecule has 3 aromatic rings. The van der Waals surface area contributed by atoms with Crippen molar-refractivity contribution < 1.29 is 18.4 Å². The highest BCUT2D eigenvalue weighted by Crippen LogP contribution is 2.15. The first-order valence-corrected chi connectivity index (χ1v) is 10.8. The van der Waals surface area contributed by atoms with Crippen molar-refractivity contribution in [2.24, 2.45) is 0 Å². The van der Waals surface area contributed by atoms with Crippen LogP contribution in [0.25, 0.3) is 0 Å². The molecule has 0 radical (unpaired) electrons. The highest BCUT2D eigenvalue weighted by Gasteiger charge is 2.23. The molecule has 31 heavy (non-hydrogen) atoms. The Bertz CT molecular complexity index is 989. The molecule has 0 saturated carbocycles. The fourth-order valence-electron chi connectivity index (χ4n) is 3.19. The van der Waals surface area contributed by atoms with Gasteiger partial charge in [0.2, 0.25) is 5.91 Å². The maximum Gasteiger partial charge on any atom is 0.254 e. The third-order valence-corrected chi connectivity index (χ3v) is 5.29. The van der Waals surface area contributed by atoms with Gasteiger partial charge in [-0.05, 0) is 60.5 Å². The van der Waals surface area contributed by atoms with E-state index in [1.807, 2.05) is 6.92 Å². The fourth-order valence-corrected chi connectivity index (χ4v) is 3.46. The van der Waals surface area contributed by atoms with Crippen LogP contribution in [0.4, 0.5) is 4.39 Å². The summed E-state index contributed by atoms with van der Waals surface area (Å²) in [5, 5.41) is 0. The Labute approximate surface area is 189 Å². The van der Waals surface area contributed by atoms with E-state index in [4.69, 9.17) is 4.42 Å². The van der Waals surface area contributed by atoms with Crippen molar-refractivity contribution in [3.05, 3.63) is 94.1 Å². The number of nitrogens with zero attached hydrogens (tertiary/aromatic N) is 2. The molecule has 162 valence electrons. The van der Waals surface area contributed by atoms with Gasteiger partial charge in [0.1, 0.15) is 18.1 Å². The lowest BCUT2D eigenvalue weighted by atomic mass is 10.2. The number of amides is 2. The van der Waals surface area contributed by atoms with Gasteiger partial charge in [-0.3, -0.25) is 9.59 Å². The molecule has 0 N–H and O–H groups in total. The summed E-state index contributed by atoms with van der Waals surface area (Å²) in [6.07, 6.45) is 2.28. The monoisotopic (exact) mass is 486 g/mol. The van der Waals surface area contributed by atoms with Crippen molar-refractivity contribution in [1.82, 2.24) is 9.80 Å². The summed E-state index contributed by atoms with van der Waals surface area (Å²) >= 11 is 3.37. The average molecular weight is 487 g/mol. The summed E-state index contributed by atoms with van der Waals surface area (Å²) < 4.78 is 19.6. The summed E-state index contributed by atoms with van der Waals surface area (Å²) in [6.45, 7) is 2.92. The van der Waals surface area contributed by atoms with Crippen LogP contribution in [0.15, 0.2) is 75.8 Å². The van der Waals surface area contributed by atoms with E-state index in [2.05, 4.69) is 15.9 Å². The summed E-state index contributed by atoms with van der Waals surface area (Å²) in [5.41, 5.74) is 1.32. The van der Waals surface area contributed by atoms with Crippen LogP contribution < -0.4 is 0 Å². The molecule has 1 aromatic heterocycles. The lowest BCUT2D eigenvalue weighted by Crippen LogP contribution is -2.42. The largest absolute Gasteiger partial charge is 0.467 e. The van der Waals surface area contributed by atoms with E-state index in [1.54, 1.807) is 64.6 Å². The molecule has 0 spiro atoms. The van der Waals surface area contributed by atoms with Crippen LogP contribution in [-0.2, 0) is 17.9 Å². The number of halogens is 2. The second-order valence-electron chi connectivity index (χ2n) is 7.19. The molecule has 0 aliphatic rings. The standard InChI is InChI=1S/C24H24BrFN2O3/c1-2-13-27(24(30)19-7-9-20(25)10-8-19)17-23(29)28(16-22-4-3-14-31-22)15-18-5-11-21(26)12-6-18/h3-12,14H,2,13,15-17H2,1H3. The zero-order valence-corrected chi connectivity index (χ0v) is 18.8. The van der Waals surface area contributed by atoms with Crippen molar-refractivity contribution >= 4 is 27.7 Å². The molecule has 0 aliphatic heterocycles. The predicted octanol–water partition coefficient (Wildman–Crippen LogP) is 5.26. The molecule has 0 aliphatic carbocycles. The number of hydrogen-bond donors (Lipinski definition) is 0. The Balaban J connectivity index is 1.77. The van der Waals surface area contributed by atoms with Crippen molar-refractivity contribution in [1.29, 1.82) is 0 Å². The summed E-state index contributed by atoms with van der Waals surface area (Å²) in [7, 11) is 0. The first kappa shape index (κ1) is 22.7. The number of furan rings is 1. The zero-order chi connectivity index (χ0) is 22.2. The molecule has 2 aromatic carbocycles. The molecule has 0 saturated heterocycles. The third-order valence-electron chi connectivity index (χ3n) is 4.76. The van der Waals surface area contributed by atoms with Gasteiger partial charge in [0.15, 0.2) is 0 Å². The molecule has 0 atom stereocenters. The lowest BCUT2D eigenvalue weighted by Gasteiger charge is -2.27. The Morgan fingerprint density at radius 2 is 1.68 bits per heavy atom. The Kier molecular flexibility index (Phi) is 8.00. The molecule has 0 bridgehead atoms. The summed E-state index contributed by atoms with van der Waals surface area (Å²) in [4.78, 5) is 29.4. The minimum absolute atomic E-state index is 0.0510. The molecule has 0 unspecified atom stereocenters. The van der Waals surface area contributed by atoms with Crippen LogP contribution in [-0.4, -0.2) is 34.7 Å². The Morgan fingerprint density at radius 3 is 2.29 bits per heavy atom. The van der Waals surface area contributed by atoms with E-state index in [9.17, 15) is 14.0 Å². The number of rotatable bonds is 9. The van der Waals surface area contributed by atoms with E-state index < -0.39 is 0 Å². The Hall–Kier alpha value is -2.93. The maximum absolute atomic E-state index is 13.3. The second kappa shape index (κ2) is 10.9. The van der Waals surface area contributed by atoms with Crippen molar-refractivity contribution in [3.8, 4) is 0 Å². The smallest absolute Gasteiger partial charge is 0.254 e. The SMILES string of the molecule is CCCN(CC(=O)N(Cc1ccc(F)cc1)Cc1ccco1)C(=O)c1ccc(Br)cc1. The number of carbonyl (C=O) groups is 2. The van der Waals surface area contributed by atoms with E-state index >= 15 is 0 Å². The van der Waals surface area contributed by atoms with Crippen molar-refractivity contribution in [2.45, 2.75) is 26.4 Å². The van der Waals surface area contributed by atoms with Crippen LogP contribution in [0.2, 0.25) is 0 Å². The van der Waals surface area contributed by atoms with Crippen LogP contribution >= 0.6 is 15.9 Å². The second-order valence-corrected chi connectivity index (χ2v) is 8.10. The van der Waals surface area contributed by atoms with Gasteiger partial charge in [-0.25, -0.2) is 4.39 Å². The molecule has 2 amide bonds. The third kappa shape index (κ3) is 6.52. The molecule has 3 rings (SSSR count). The summed E-state index contributed by atoms with van der Waals surface area (Å²) in [6, 6.07) is 16.7. The van der Waals surface area contributed by atoms with E-state index in [1.165, 1.54) is 12.1 Å². The normalized spacial score (nSPS) is 10.7. The molecule has 1 heterocycles. The van der Waals surface area contributed by atoms with Gasteiger partial charge in [-0.1, -0.05) is 35.0 Å². The van der Waals surface area contributed by atoms with Crippen LogP contribution in [0.5, 0.6) is 0 Å².